The fourth-order valence-corrected chi connectivity index (χ4v) is 1.94. The molecule has 4 aromatic heterocycles. The maximum atomic E-state index is 4.19. The number of nitrogens with zero attached hydrogens (tertiary/aromatic N) is 4. The molecule has 4 aromatic rings. The van der Waals surface area contributed by atoms with Crippen molar-refractivity contribution in [2.24, 2.45) is 0 Å². The fraction of sp³-hybridized carbons (Fsp3) is 0. The molecule has 0 aliphatic rings. The molecule has 0 fully saturated rings. The zero-order valence-corrected chi connectivity index (χ0v) is 11.9. The van der Waals surface area contributed by atoms with E-state index < -0.39 is 0 Å². The Morgan fingerprint density at radius 3 is 1.36 bits per heavy atom. The maximum Gasteiger partial charge on any atom is 0.159 e. The van der Waals surface area contributed by atoms with Crippen LogP contribution in [0.15, 0.2) is 85.5 Å². The van der Waals surface area contributed by atoms with E-state index in [1.807, 2.05) is 60.7 Å². The van der Waals surface area contributed by atoms with E-state index in [1.165, 1.54) is 0 Å². The molecule has 4 heteroatoms. The summed E-state index contributed by atoms with van der Waals surface area (Å²) >= 11 is 0. The third-order valence-corrected chi connectivity index (χ3v) is 2.97. The molecule has 0 N–H and O–H groups in total. The minimum Gasteiger partial charge on any atom is -0.255 e. The Bertz CT molecular complexity index is 730. The van der Waals surface area contributed by atoms with E-state index in [0.29, 0.717) is 0 Å². The van der Waals surface area contributed by atoms with Crippen LogP contribution in [0.3, 0.4) is 0 Å². The Labute approximate surface area is 128 Å². The Morgan fingerprint density at radius 1 is 0.455 bits per heavy atom. The second-order valence-corrected chi connectivity index (χ2v) is 4.48. The van der Waals surface area contributed by atoms with Gasteiger partial charge in [-0.1, -0.05) is 12.1 Å². The van der Waals surface area contributed by atoms with Gasteiger partial charge in [-0.05, 0) is 48.5 Å². The van der Waals surface area contributed by atoms with E-state index in [1.54, 1.807) is 24.8 Å². The van der Waals surface area contributed by atoms with Crippen LogP contribution in [0, 0.1) is 0 Å². The molecule has 4 nitrogen and oxygen atoms in total. The first-order valence-electron chi connectivity index (χ1n) is 6.92. The number of aromatic nitrogens is 4. The normalized spacial score (nSPS) is 9.82. The van der Waals surface area contributed by atoms with Gasteiger partial charge in [-0.2, -0.15) is 0 Å². The van der Waals surface area contributed by atoms with Gasteiger partial charge in [0, 0.05) is 30.2 Å². The van der Waals surface area contributed by atoms with Crippen molar-refractivity contribution in [3.8, 4) is 11.4 Å². The van der Waals surface area contributed by atoms with Gasteiger partial charge in [-0.3, -0.25) is 9.97 Å². The quantitative estimate of drug-likeness (QED) is 0.534. The van der Waals surface area contributed by atoms with Gasteiger partial charge < -0.3 is 0 Å². The molecule has 0 bridgehead atoms. The van der Waals surface area contributed by atoms with Crippen LogP contribution in [0.1, 0.15) is 0 Å². The van der Waals surface area contributed by atoms with E-state index in [0.717, 1.165) is 22.4 Å². The van der Waals surface area contributed by atoms with Crippen molar-refractivity contribution in [1.29, 1.82) is 0 Å². The van der Waals surface area contributed by atoms with Gasteiger partial charge >= 0.3 is 0 Å². The molecule has 4 heterocycles. The Morgan fingerprint density at radius 2 is 0.955 bits per heavy atom. The van der Waals surface area contributed by atoms with Crippen LogP contribution < -0.4 is 0 Å². The first kappa shape index (κ1) is 13.8. The minimum absolute atomic E-state index is 0.810. The summed E-state index contributed by atoms with van der Waals surface area (Å²) in [5.41, 5.74) is 2.64. The molecule has 22 heavy (non-hydrogen) atoms. The van der Waals surface area contributed by atoms with Crippen LogP contribution in [0.25, 0.3) is 22.4 Å². The van der Waals surface area contributed by atoms with Gasteiger partial charge in [-0.15, -0.1) is 0 Å². The molecule has 0 spiro atoms. The molecule has 0 amide bonds. The average Bonchev–Trinajstić information content (AvgIpc) is 2.64. The number of hydrogen-bond acceptors (Lipinski definition) is 4. The molecule has 0 saturated heterocycles. The molecule has 0 aliphatic carbocycles. The van der Waals surface area contributed by atoms with E-state index in [4.69, 9.17) is 0 Å². The van der Waals surface area contributed by atoms with Gasteiger partial charge in [0.05, 0.1) is 11.4 Å². The highest BCUT2D eigenvalue weighted by Gasteiger charge is 1.95. The van der Waals surface area contributed by atoms with Crippen molar-refractivity contribution in [1.82, 2.24) is 19.9 Å². The third kappa shape index (κ3) is 3.49. The lowest BCUT2D eigenvalue weighted by atomic mass is 10.2. The number of pyridine rings is 4. The fourth-order valence-electron chi connectivity index (χ4n) is 1.94. The van der Waals surface area contributed by atoms with E-state index >= 15 is 0 Å². The average molecular weight is 286 g/mol. The van der Waals surface area contributed by atoms with Gasteiger partial charge in [0.15, 0.2) is 5.65 Å². The SMILES string of the molecule is c1ccc(-c2ccccn2)nc1.c1cnc2ncccc2c1. The Balaban J connectivity index is 0.000000133. The standard InChI is InChI=1S/C10H8N2.C8H6N2/c1-3-7-11-9(5-1)10-6-2-4-8-12-10;1-3-7-4-2-6-10-8(7)9-5-1/h1-8H;1-6H. The van der Waals surface area contributed by atoms with Crippen molar-refractivity contribution < 1.29 is 0 Å². The summed E-state index contributed by atoms with van der Waals surface area (Å²) in [6.45, 7) is 0. The van der Waals surface area contributed by atoms with Crippen LogP contribution >= 0.6 is 0 Å². The first-order chi connectivity index (χ1) is 10.9. The Hall–Kier alpha value is -3.14. The zero-order valence-electron chi connectivity index (χ0n) is 11.9. The second kappa shape index (κ2) is 7.04. The molecule has 0 unspecified atom stereocenters. The van der Waals surface area contributed by atoms with Gasteiger partial charge in [-0.25, -0.2) is 9.97 Å². The first-order valence-corrected chi connectivity index (χ1v) is 6.92. The summed E-state index contributed by atoms with van der Waals surface area (Å²) in [6.07, 6.45) is 7.03. The molecule has 0 saturated carbocycles. The van der Waals surface area contributed by atoms with Crippen molar-refractivity contribution in [3.05, 3.63) is 85.5 Å². The van der Waals surface area contributed by atoms with Crippen molar-refractivity contribution in [3.63, 3.8) is 0 Å². The topological polar surface area (TPSA) is 51.6 Å². The highest BCUT2D eigenvalue weighted by Crippen LogP contribution is 2.10. The van der Waals surface area contributed by atoms with Crippen LogP contribution in [0.2, 0.25) is 0 Å². The summed E-state index contributed by atoms with van der Waals surface area (Å²) in [7, 11) is 0. The van der Waals surface area contributed by atoms with Crippen molar-refractivity contribution in [2.75, 3.05) is 0 Å². The highest BCUT2D eigenvalue weighted by molar-refractivity contribution is 5.73. The zero-order chi connectivity index (χ0) is 15.0. The molecule has 0 aliphatic heterocycles. The minimum atomic E-state index is 0.810. The molecule has 0 radical (unpaired) electrons. The van der Waals surface area contributed by atoms with E-state index in [-0.39, 0.29) is 0 Å². The van der Waals surface area contributed by atoms with Crippen LogP contribution in [-0.4, -0.2) is 19.9 Å². The van der Waals surface area contributed by atoms with Gasteiger partial charge in [0.2, 0.25) is 0 Å². The highest BCUT2D eigenvalue weighted by atomic mass is 14.8. The monoisotopic (exact) mass is 286 g/mol. The number of hydrogen-bond donors (Lipinski definition) is 0. The predicted molar refractivity (Wildman–Crippen MR) is 87.0 cm³/mol. The number of rotatable bonds is 1. The summed E-state index contributed by atoms with van der Waals surface area (Å²) < 4.78 is 0. The molecule has 4 rings (SSSR count). The van der Waals surface area contributed by atoms with Gasteiger partial charge in [0.1, 0.15) is 0 Å². The summed E-state index contributed by atoms with van der Waals surface area (Å²) in [5.74, 6) is 0. The largest absolute Gasteiger partial charge is 0.255 e. The molecular formula is C18H14N4. The van der Waals surface area contributed by atoms with Crippen molar-refractivity contribution >= 4 is 11.0 Å². The van der Waals surface area contributed by atoms with Crippen LogP contribution in [0.5, 0.6) is 0 Å². The smallest absolute Gasteiger partial charge is 0.159 e. The van der Waals surface area contributed by atoms with Gasteiger partial charge in [0.25, 0.3) is 0 Å². The Kier molecular flexibility index (Phi) is 4.42. The van der Waals surface area contributed by atoms with Crippen LogP contribution in [0.4, 0.5) is 0 Å². The summed E-state index contributed by atoms with van der Waals surface area (Å²) in [4.78, 5) is 16.5. The second-order valence-electron chi connectivity index (χ2n) is 4.48. The molecule has 0 aromatic carbocycles. The lowest BCUT2D eigenvalue weighted by Crippen LogP contribution is -1.83. The molecule has 0 atom stereocenters. The molecule has 106 valence electrons. The summed E-state index contributed by atoms with van der Waals surface area (Å²) in [6, 6.07) is 19.4. The number of fused-ring (bicyclic) bond motifs is 1. The van der Waals surface area contributed by atoms with E-state index in [9.17, 15) is 0 Å². The lowest BCUT2D eigenvalue weighted by Gasteiger charge is -1.96. The predicted octanol–water partition coefficient (Wildman–Crippen LogP) is 3.77. The van der Waals surface area contributed by atoms with Crippen LogP contribution in [-0.2, 0) is 0 Å². The lowest BCUT2D eigenvalue weighted by molar-refractivity contribution is 1.25. The molecular weight excluding hydrogens is 272 g/mol. The van der Waals surface area contributed by atoms with Crippen molar-refractivity contribution in [2.45, 2.75) is 0 Å². The summed E-state index contributed by atoms with van der Waals surface area (Å²) in [5, 5.41) is 1.09. The van der Waals surface area contributed by atoms with E-state index in [2.05, 4.69) is 19.9 Å². The maximum absolute atomic E-state index is 4.19. The third-order valence-electron chi connectivity index (χ3n) is 2.97.